The van der Waals surface area contributed by atoms with Gasteiger partial charge >= 0.3 is 11.9 Å². The highest BCUT2D eigenvalue weighted by Gasteiger charge is 2.57. The number of anilines is 1. The number of ether oxygens (including phenoxy) is 2. The van der Waals surface area contributed by atoms with Gasteiger partial charge in [-0.1, -0.05) is 29.8 Å². The Balaban J connectivity index is 1.66. The molecular weight excluding hydrogens is 533 g/mol. The number of carboxylic acid groups (broad SMARTS) is 2. The molecule has 0 unspecified atom stereocenters. The summed E-state index contributed by atoms with van der Waals surface area (Å²) in [5, 5.41) is 41.9. The first-order valence-electron chi connectivity index (χ1n) is 10.6. The third-order valence-electron chi connectivity index (χ3n) is 6.10. The Morgan fingerprint density at radius 2 is 2.00 bits per heavy atom. The third kappa shape index (κ3) is 4.61. The fourth-order valence-corrected chi connectivity index (χ4v) is 4.46. The number of fused-ring (bicyclic) bond motifs is 1. The van der Waals surface area contributed by atoms with Crippen LogP contribution in [0.1, 0.15) is 11.8 Å². The Morgan fingerprint density at radius 3 is 2.62 bits per heavy atom. The zero-order chi connectivity index (χ0) is 27.1. The van der Waals surface area contributed by atoms with E-state index in [1.165, 1.54) is 29.1 Å². The number of aliphatic hydroxyl groups is 2. The molecule has 0 saturated carbocycles. The van der Waals surface area contributed by atoms with Gasteiger partial charge in [0.25, 0.3) is 5.60 Å². The van der Waals surface area contributed by atoms with Crippen molar-refractivity contribution in [2.75, 3.05) is 12.3 Å². The van der Waals surface area contributed by atoms with Crippen LogP contribution in [0.25, 0.3) is 11.2 Å². The summed E-state index contributed by atoms with van der Waals surface area (Å²) in [5.74, 6) is -3.62. The number of aliphatic hydroxyl groups excluding tert-OH is 1. The molecule has 0 bridgehead atoms. The number of hydrogen-bond acceptors (Lipinski definition) is 10. The van der Waals surface area contributed by atoms with Crippen molar-refractivity contribution in [3.8, 4) is 0 Å². The van der Waals surface area contributed by atoms with Crippen LogP contribution in [0, 0.1) is 0 Å². The van der Waals surface area contributed by atoms with Crippen LogP contribution in [0.15, 0.2) is 43.2 Å². The summed E-state index contributed by atoms with van der Waals surface area (Å²) in [7, 11) is 0. The van der Waals surface area contributed by atoms with Crippen LogP contribution in [-0.4, -0.2) is 81.9 Å². The van der Waals surface area contributed by atoms with Crippen LogP contribution < -0.4 is 5.73 Å². The molecule has 37 heavy (non-hydrogen) atoms. The summed E-state index contributed by atoms with van der Waals surface area (Å²) < 4.78 is 12.5. The molecule has 4 atom stereocenters. The van der Waals surface area contributed by atoms with Crippen molar-refractivity contribution in [3.05, 3.63) is 59.1 Å². The number of aliphatic carboxylic acids is 2. The van der Waals surface area contributed by atoms with Crippen LogP contribution in [0.4, 0.5) is 5.82 Å². The number of nitrogens with zero attached hydrogens (tertiary/aromatic N) is 4. The van der Waals surface area contributed by atoms with Crippen molar-refractivity contribution in [2.45, 2.75) is 36.1 Å². The van der Waals surface area contributed by atoms with E-state index in [-0.39, 0.29) is 32.9 Å². The average Bonchev–Trinajstić information content (AvgIpc) is 3.35. The van der Waals surface area contributed by atoms with Crippen LogP contribution in [-0.2, 0) is 25.5 Å². The number of rotatable bonds is 9. The van der Waals surface area contributed by atoms with Gasteiger partial charge in [0, 0.05) is 11.4 Å². The van der Waals surface area contributed by atoms with Crippen molar-refractivity contribution < 1.29 is 39.5 Å². The fraction of sp³-hybridized carbons (Fsp3) is 0.318. The number of carboxylic acids is 2. The number of nitrogens with two attached hydrogens (primary N) is 1. The minimum atomic E-state index is -2.77. The van der Waals surface area contributed by atoms with E-state index in [0.29, 0.717) is 0 Å². The zero-order valence-corrected chi connectivity index (χ0v) is 20.4. The van der Waals surface area contributed by atoms with Crippen molar-refractivity contribution in [2.24, 2.45) is 0 Å². The molecule has 1 aliphatic rings. The molecule has 1 aliphatic heterocycles. The van der Waals surface area contributed by atoms with Gasteiger partial charge in [0.05, 0.1) is 12.9 Å². The van der Waals surface area contributed by atoms with Crippen molar-refractivity contribution in [3.63, 3.8) is 0 Å². The molecule has 0 spiro atoms. The maximum Gasteiger partial charge on any atom is 0.348 e. The van der Waals surface area contributed by atoms with Gasteiger partial charge in [0.15, 0.2) is 17.7 Å². The maximum atomic E-state index is 12.2. The minimum Gasteiger partial charge on any atom is -0.479 e. The van der Waals surface area contributed by atoms with Gasteiger partial charge in [0.2, 0.25) is 5.28 Å². The van der Waals surface area contributed by atoms with Gasteiger partial charge in [-0.3, -0.25) is 4.57 Å². The first kappa shape index (κ1) is 26.7. The zero-order valence-electron chi connectivity index (χ0n) is 18.9. The second kappa shape index (κ2) is 9.85. The third-order valence-corrected chi connectivity index (χ3v) is 6.50. The Labute approximate surface area is 218 Å². The van der Waals surface area contributed by atoms with Gasteiger partial charge < -0.3 is 35.6 Å². The van der Waals surface area contributed by atoms with E-state index < -0.39 is 54.6 Å². The van der Waals surface area contributed by atoms with Gasteiger partial charge in [-0.2, -0.15) is 9.97 Å². The van der Waals surface area contributed by atoms with E-state index in [1.807, 2.05) is 0 Å². The topological polar surface area (TPSA) is 203 Å². The number of imidazole rings is 1. The van der Waals surface area contributed by atoms with E-state index in [4.69, 9.17) is 38.4 Å². The highest BCUT2D eigenvalue weighted by atomic mass is 35.5. The average molecular weight is 554 g/mol. The number of halogens is 2. The molecule has 6 N–H and O–H groups in total. The lowest BCUT2D eigenvalue weighted by molar-refractivity contribution is -0.191. The van der Waals surface area contributed by atoms with Crippen molar-refractivity contribution in [1.82, 2.24) is 19.5 Å². The molecule has 1 aromatic carbocycles. The second-order valence-corrected chi connectivity index (χ2v) is 9.08. The fourth-order valence-electron chi connectivity index (χ4n) is 4.08. The molecule has 0 amide bonds. The van der Waals surface area contributed by atoms with Gasteiger partial charge in [-0.25, -0.2) is 14.6 Å². The smallest absolute Gasteiger partial charge is 0.348 e. The molecule has 196 valence electrons. The van der Waals surface area contributed by atoms with Gasteiger partial charge in [-0.15, -0.1) is 6.58 Å². The van der Waals surface area contributed by atoms with Crippen LogP contribution in [0.2, 0.25) is 10.3 Å². The normalized spacial score (nSPS) is 23.8. The van der Waals surface area contributed by atoms with E-state index in [9.17, 15) is 30.0 Å². The molecule has 1 saturated heterocycles. The predicted octanol–water partition coefficient (Wildman–Crippen LogP) is 1.06. The first-order valence-corrected chi connectivity index (χ1v) is 11.4. The van der Waals surface area contributed by atoms with Gasteiger partial charge in [0.1, 0.15) is 23.3 Å². The summed E-state index contributed by atoms with van der Waals surface area (Å²) in [5.41, 5.74) is 1.37. The molecule has 4 rings (SSSR count). The van der Waals surface area contributed by atoms with E-state index in [0.717, 1.165) is 6.08 Å². The summed E-state index contributed by atoms with van der Waals surface area (Å²) >= 11 is 11.8. The van der Waals surface area contributed by atoms with Crippen LogP contribution in [0.5, 0.6) is 0 Å². The number of carbonyl (C=O) groups is 2. The lowest BCUT2D eigenvalue weighted by atomic mass is 9.91. The van der Waals surface area contributed by atoms with Crippen molar-refractivity contribution in [1.29, 1.82) is 0 Å². The molecule has 0 aliphatic carbocycles. The molecular formula is C22H21Cl2N5O8. The van der Waals surface area contributed by atoms with Crippen LogP contribution in [0.3, 0.4) is 0 Å². The van der Waals surface area contributed by atoms with Gasteiger partial charge in [-0.05, 0) is 29.3 Å². The quantitative estimate of drug-likeness (QED) is 0.143. The Hall–Kier alpha value is -3.33. The Kier molecular flexibility index (Phi) is 7.12. The molecule has 1 fully saturated rings. The highest BCUT2D eigenvalue weighted by molar-refractivity contribution is 6.30. The number of aromatic nitrogens is 4. The molecule has 2 aromatic heterocycles. The monoisotopic (exact) mass is 553 g/mol. The summed E-state index contributed by atoms with van der Waals surface area (Å²) in [6.45, 7) is 2.76. The minimum absolute atomic E-state index is 0.0335. The largest absolute Gasteiger partial charge is 0.479 e. The lowest BCUT2D eigenvalue weighted by Crippen LogP contribution is -2.54. The SMILES string of the molecule is C=C[C@@]1(O)[C@@H](COC(Cc2cccc(Cl)c2)(C(=O)O)C(=O)O)O[C@@H](n2cnc3c(N)nc(Cl)nc32)[C@@H]1O. The Morgan fingerprint density at radius 1 is 1.30 bits per heavy atom. The molecule has 13 nitrogen and oxygen atoms in total. The number of benzene rings is 1. The second-order valence-electron chi connectivity index (χ2n) is 8.31. The lowest BCUT2D eigenvalue weighted by Gasteiger charge is -2.31. The van der Waals surface area contributed by atoms with Crippen molar-refractivity contribution >= 4 is 52.1 Å². The molecule has 3 aromatic rings. The van der Waals surface area contributed by atoms with E-state index in [2.05, 4.69) is 21.5 Å². The Bertz CT molecular complexity index is 1370. The van der Waals surface area contributed by atoms with E-state index in [1.54, 1.807) is 6.07 Å². The summed E-state index contributed by atoms with van der Waals surface area (Å²) in [4.78, 5) is 36.2. The summed E-state index contributed by atoms with van der Waals surface area (Å²) in [6, 6.07) is 5.96. The summed E-state index contributed by atoms with van der Waals surface area (Å²) in [6.07, 6.45) is -2.88. The van der Waals surface area contributed by atoms with E-state index >= 15 is 0 Å². The molecule has 15 heteroatoms. The molecule has 3 heterocycles. The maximum absolute atomic E-state index is 12.2. The number of hydrogen-bond donors (Lipinski definition) is 5. The highest BCUT2D eigenvalue weighted by Crippen LogP contribution is 2.40. The molecule has 0 radical (unpaired) electrons. The first-order chi connectivity index (χ1) is 17.4. The standard InChI is InChI=1S/C22H21Cl2N5O8/c1-2-21(35)12(8-36-22(18(31)32,19(33)34)7-10-4-3-5-11(23)6-10)37-17(14(21)30)29-9-26-13-15(25)27-20(24)28-16(13)29/h2-6,9,12,14,17,30,35H,1,7-8H2,(H,31,32)(H,33,34)(H2,25,27,28)/t12-,14+,17-,21-/m1/s1. The van der Waals surface area contributed by atoms with Crippen LogP contribution >= 0.6 is 23.2 Å². The predicted molar refractivity (Wildman–Crippen MR) is 129 cm³/mol. The number of nitrogen functional groups attached to an aromatic ring is 1.